The first kappa shape index (κ1) is 18.1. The fourth-order valence-electron chi connectivity index (χ4n) is 5.26. The van der Waals surface area contributed by atoms with Crippen LogP contribution in [-0.4, -0.2) is 46.5 Å². The topological polar surface area (TPSA) is 59.1 Å². The van der Waals surface area contributed by atoms with Gasteiger partial charge in [-0.25, -0.2) is 0 Å². The normalized spacial score (nSPS) is 39.5. The number of ether oxygens (including phenoxy) is 2. The zero-order valence-corrected chi connectivity index (χ0v) is 15.9. The number of aliphatic carboxylic acids is 1. The molecule has 0 aromatic carbocycles. The lowest BCUT2D eigenvalue weighted by Crippen LogP contribution is -2.34. The van der Waals surface area contributed by atoms with Crippen LogP contribution < -0.4 is 0 Å². The number of fused-ring (bicyclic) bond motifs is 5. The molecule has 0 spiro atoms. The van der Waals surface area contributed by atoms with Crippen molar-refractivity contribution in [3.63, 3.8) is 0 Å². The molecule has 142 valence electrons. The molecular weight excluding hydrogens is 336 g/mol. The molecule has 0 amide bonds. The van der Waals surface area contributed by atoms with Gasteiger partial charge in [0.2, 0.25) is 0 Å². The molecule has 0 aromatic rings. The second-order valence-corrected chi connectivity index (χ2v) is 9.73. The van der Waals surface area contributed by atoms with E-state index in [2.05, 4.69) is 11.8 Å². The van der Waals surface area contributed by atoms with Gasteiger partial charge in [0.25, 0.3) is 0 Å². The van der Waals surface area contributed by atoms with Crippen molar-refractivity contribution in [1.82, 2.24) is 0 Å². The van der Waals surface area contributed by atoms with Gasteiger partial charge in [0, 0.05) is 17.6 Å². The Kier molecular flexibility index (Phi) is 5.93. The molecule has 3 saturated heterocycles. The monoisotopic (exact) mass is 368 g/mol. The Morgan fingerprint density at radius 1 is 0.880 bits per heavy atom. The summed E-state index contributed by atoms with van der Waals surface area (Å²) in [6.07, 6.45) is 14.4. The average Bonchev–Trinajstić information content (AvgIpc) is 3.24. The van der Waals surface area contributed by atoms with E-state index >= 15 is 0 Å². The van der Waals surface area contributed by atoms with Crippen LogP contribution in [0.4, 0.5) is 0 Å². The molecule has 4 fully saturated rings. The van der Waals surface area contributed by atoms with Crippen molar-refractivity contribution in [3.05, 3.63) is 0 Å². The highest BCUT2D eigenvalue weighted by molar-refractivity contribution is 7.99. The highest BCUT2D eigenvalue weighted by Crippen LogP contribution is 2.56. The van der Waals surface area contributed by atoms with Gasteiger partial charge in [-0.2, -0.15) is 11.8 Å². The van der Waals surface area contributed by atoms with E-state index in [4.69, 9.17) is 14.6 Å². The smallest absolute Gasteiger partial charge is 0.303 e. The van der Waals surface area contributed by atoms with Crippen molar-refractivity contribution >= 4 is 17.7 Å². The van der Waals surface area contributed by atoms with Crippen LogP contribution in [0.25, 0.3) is 0 Å². The zero-order chi connectivity index (χ0) is 17.2. The van der Waals surface area contributed by atoms with E-state index in [1.807, 2.05) is 0 Å². The summed E-state index contributed by atoms with van der Waals surface area (Å²) in [5.74, 6) is 1.93. The number of carboxylic acids is 1. The summed E-state index contributed by atoms with van der Waals surface area (Å²) in [5, 5.41) is 9.59. The average molecular weight is 369 g/mol. The number of hydrogen-bond donors (Lipinski definition) is 1. The lowest BCUT2D eigenvalue weighted by molar-refractivity contribution is -0.137. The van der Waals surface area contributed by atoms with Crippen molar-refractivity contribution in [2.45, 2.75) is 100 Å². The second kappa shape index (κ2) is 8.18. The van der Waals surface area contributed by atoms with Crippen molar-refractivity contribution in [2.24, 2.45) is 11.8 Å². The lowest BCUT2D eigenvalue weighted by Gasteiger charge is -2.28. The van der Waals surface area contributed by atoms with Crippen LogP contribution >= 0.6 is 11.8 Å². The molecule has 2 bridgehead atoms. The predicted molar refractivity (Wildman–Crippen MR) is 99.0 cm³/mol. The number of carboxylic acid groups (broad SMARTS) is 1. The number of rotatable bonds is 10. The summed E-state index contributed by atoms with van der Waals surface area (Å²) in [7, 11) is 0. The minimum absolute atomic E-state index is 0.315. The third-order valence-electron chi connectivity index (χ3n) is 6.67. The Morgan fingerprint density at radius 3 is 2.32 bits per heavy atom. The molecule has 5 heteroatoms. The van der Waals surface area contributed by atoms with E-state index in [9.17, 15) is 4.79 Å². The molecule has 4 aliphatic rings. The van der Waals surface area contributed by atoms with E-state index in [0.29, 0.717) is 42.7 Å². The summed E-state index contributed by atoms with van der Waals surface area (Å²) in [4.78, 5) is 10.6. The van der Waals surface area contributed by atoms with Crippen LogP contribution in [0.2, 0.25) is 0 Å². The molecule has 25 heavy (non-hydrogen) atoms. The van der Waals surface area contributed by atoms with Gasteiger partial charge in [0.15, 0.2) is 0 Å². The first-order valence-corrected chi connectivity index (χ1v) is 11.4. The molecule has 0 radical (unpaired) electrons. The maximum atomic E-state index is 10.6. The summed E-state index contributed by atoms with van der Waals surface area (Å²) in [6, 6.07) is 0. The lowest BCUT2D eigenvalue weighted by atomic mass is 9.77. The molecule has 6 atom stereocenters. The van der Waals surface area contributed by atoms with Gasteiger partial charge < -0.3 is 14.6 Å². The Morgan fingerprint density at radius 2 is 1.56 bits per heavy atom. The first-order chi connectivity index (χ1) is 12.2. The van der Waals surface area contributed by atoms with Gasteiger partial charge in [-0.1, -0.05) is 38.5 Å². The zero-order valence-electron chi connectivity index (χ0n) is 15.1. The molecule has 4 rings (SSSR count). The molecule has 6 unspecified atom stereocenters. The van der Waals surface area contributed by atoms with E-state index in [1.54, 1.807) is 0 Å². The maximum absolute atomic E-state index is 10.6. The predicted octanol–water partition coefficient (Wildman–Crippen LogP) is 4.26. The Hall–Kier alpha value is -0.260. The van der Waals surface area contributed by atoms with Crippen molar-refractivity contribution in [1.29, 1.82) is 0 Å². The van der Waals surface area contributed by atoms with Crippen molar-refractivity contribution in [2.75, 3.05) is 5.75 Å². The summed E-state index contributed by atoms with van der Waals surface area (Å²) in [6.45, 7) is 0. The fourth-order valence-corrected chi connectivity index (χ4v) is 6.86. The third kappa shape index (κ3) is 4.19. The number of thioether (sulfide) groups is 1. The molecule has 1 saturated carbocycles. The third-order valence-corrected chi connectivity index (χ3v) is 8.19. The molecule has 4 nitrogen and oxygen atoms in total. The largest absolute Gasteiger partial charge is 0.481 e. The summed E-state index contributed by atoms with van der Waals surface area (Å²) in [5.41, 5.74) is 0. The molecule has 1 aliphatic carbocycles. The van der Waals surface area contributed by atoms with Gasteiger partial charge in [-0.05, 0) is 37.4 Å². The highest BCUT2D eigenvalue weighted by Gasteiger charge is 2.68. The highest BCUT2D eigenvalue weighted by atomic mass is 32.2. The second-order valence-electron chi connectivity index (χ2n) is 8.40. The first-order valence-electron chi connectivity index (χ1n) is 10.4. The standard InChI is InChI=1S/C20H32O4S/c21-16(22)11-7-2-1-6-10-14-15(12-25-13-8-4-3-5-9-13)18-20-19(24-20)17(14)23-18/h13-15,17-20H,1-12H2,(H,21,22). The Balaban J connectivity index is 1.22. The maximum Gasteiger partial charge on any atom is 0.303 e. The molecule has 3 heterocycles. The van der Waals surface area contributed by atoms with E-state index in [1.165, 1.54) is 50.7 Å². The van der Waals surface area contributed by atoms with Crippen molar-refractivity contribution in [3.8, 4) is 0 Å². The van der Waals surface area contributed by atoms with Crippen molar-refractivity contribution < 1.29 is 19.4 Å². The van der Waals surface area contributed by atoms with E-state index < -0.39 is 5.97 Å². The van der Waals surface area contributed by atoms with Crippen LogP contribution in [0, 0.1) is 11.8 Å². The molecule has 1 N–H and O–H groups in total. The number of carbonyl (C=O) groups is 1. The number of hydrogen-bond acceptors (Lipinski definition) is 4. The minimum atomic E-state index is -0.668. The van der Waals surface area contributed by atoms with Crippen LogP contribution in [0.3, 0.4) is 0 Å². The summed E-state index contributed by atoms with van der Waals surface area (Å²) < 4.78 is 12.2. The van der Waals surface area contributed by atoms with Gasteiger partial charge in [0.05, 0.1) is 12.2 Å². The van der Waals surface area contributed by atoms with Crippen LogP contribution in [0.1, 0.15) is 70.6 Å². The molecule has 3 aliphatic heterocycles. The number of epoxide rings is 1. The van der Waals surface area contributed by atoms with Gasteiger partial charge in [-0.3, -0.25) is 4.79 Å². The van der Waals surface area contributed by atoms with Crippen LogP contribution in [0.15, 0.2) is 0 Å². The van der Waals surface area contributed by atoms with Gasteiger partial charge in [-0.15, -0.1) is 0 Å². The minimum Gasteiger partial charge on any atom is -0.481 e. The van der Waals surface area contributed by atoms with Crippen LogP contribution in [-0.2, 0) is 14.3 Å². The summed E-state index contributed by atoms with van der Waals surface area (Å²) >= 11 is 2.21. The molecular formula is C20H32O4S. The van der Waals surface area contributed by atoms with Crippen LogP contribution in [0.5, 0.6) is 0 Å². The number of unbranched alkanes of at least 4 members (excludes halogenated alkanes) is 3. The van der Waals surface area contributed by atoms with E-state index in [-0.39, 0.29) is 0 Å². The van der Waals surface area contributed by atoms with E-state index in [0.717, 1.165) is 24.5 Å². The Bertz CT molecular complexity index is 465. The fraction of sp³-hybridized carbons (Fsp3) is 0.950. The SMILES string of the molecule is O=C(O)CCCCCCC1C(CSC2CCCCC2)C2OC1C1OC21. The quantitative estimate of drug-likeness (QED) is 0.461. The Labute approximate surface area is 155 Å². The molecule has 0 aromatic heterocycles. The van der Waals surface area contributed by atoms with Gasteiger partial charge >= 0.3 is 5.97 Å². The van der Waals surface area contributed by atoms with Gasteiger partial charge in [0.1, 0.15) is 12.2 Å².